The highest BCUT2D eigenvalue weighted by Crippen LogP contribution is 2.23. The van der Waals surface area contributed by atoms with Crippen molar-refractivity contribution in [2.75, 3.05) is 26.7 Å². The molecule has 2 rings (SSSR count). The van der Waals surface area contributed by atoms with Crippen molar-refractivity contribution < 1.29 is 14.3 Å². The minimum atomic E-state index is 0.0600. The van der Waals surface area contributed by atoms with E-state index < -0.39 is 0 Å². The van der Waals surface area contributed by atoms with Crippen LogP contribution in [0.5, 0.6) is 5.75 Å². The molecule has 0 bridgehead atoms. The first kappa shape index (κ1) is 20.3. The molecule has 0 radical (unpaired) electrons. The van der Waals surface area contributed by atoms with Crippen LogP contribution in [0, 0.1) is 12.8 Å². The zero-order valence-electron chi connectivity index (χ0n) is 16.1. The number of nitrogens with one attached hydrogen (secondary N) is 1. The van der Waals surface area contributed by atoms with Gasteiger partial charge < -0.3 is 15.0 Å². The predicted molar refractivity (Wildman–Crippen MR) is 103 cm³/mol. The quantitative estimate of drug-likeness (QED) is 0.687. The minimum absolute atomic E-state index is 0.0600. The van der Waals surface area contributed by atoms with Gasteiger partial charge in [0, 0.05) is 32.5 Å². The van der Waals surface area contributed by atoms with Crippen molar-refractivity contribution >= 4 is 11.8 Å². The first-order valence-corrected chi connectivity index (χ1v) is 9.78. The maximum Gasteiger partial charge on any atom is 0.224 e. The summed E-state index contributed by atoms with van der Waals surface area (Å²) in [5.41, 5.74) is 1.12. The first-order chi connectivity index (χ1) is 12.6. The number of hydrogen-bond acceptors (Lipinski definition) is 3. The van der Waals surface area contributed by atoms with Crippen molar-refractivity contribution in [3.05, 3.63) is 29.8 Å². The van der Waals surface area contributed by atoms with Crippen LogP contribution in [-0.2, 0) is 9.59 Å². The van der Waals surface area contributed by atoms with Gasteiger partial charge in [-0.3, -0.25) is 9.59 Å². The molecule has 1 aromatic carbocycles. The van der Waals surface area contributed by atoms with Crippen molar-refractivity contribution in [1.82, 2.24) is 10.2 Å². The molecular weight excluding hydrogens is 328 g/mol. The first-order valence-electron chi connectivity index (χ1n) is 9.78. The summed E-state index contributed by atoms with van der Waals surface area (Å²) in [6.07, 6.45) is 6.63. The number of carbonyl (C=O) groups excluding carboxylic acids is 2. The fraction of sp³-hybridized carbons (Fsp3) is 0.619. The molecule has 0 aromatic heterocycles. The number of rotatable bonds is 9. The third kappa shape index (κ3) is 6.70. The topological polar surface area (TPSA) is 58.6 Å². The molecule has 1 aliphatic carbocycles. The van der Waals surface area contributed by atoms with E-state index in [1.54, 1.807) is 11.9 Å². The highest BCUT2D eigenvalue weighted by atomic mass is 16.5. The molecule has 1 saturated carbocycles. The van der Waals surface area contributed by atoms with Gasteiger partial charge in [-0.25, -0.2) is 0 Å². The third-order valence-electron chi connectivity index (χ3n) is 5.03. The van der Waals surface area contributed by atoms with Gasteiger partial charge in [-0.15, -0.1) is 0 Å². The normalized spacial score (nSPS) is 14.7. The molecule has 2 amide bonds. The average Bonchev–Trinajstić information content (AvgIpc) is 2.66. The van der Waals surface area contributed by atoms with E-state index in [4.69, 9.17) is 4.74 Å². The summed E-state index contributed by atoms with van der Waals surface area (Å²) in [4.78, 5) is 25.9. The molecule has 0 unspecified atom stereocenters. The van der Waals surface area contributed by atoms with Crippen LogP contribution in [0.25, 0.3) is 0 Å². The Bertz CT molecular complexity index is 582. The van der Waals surface area contributed by atoms with E-state index in [1.807, 2.05) is 31.2 Å². The van der Waals surface area contributed by atoms with Crippen LogP contribution in [0.1, 0.15) is 50.5 Å². The van der Waals surface area contributed by atoms with Gasteiger partial charge in [0.15, 0.2) is 0 Å². The summed E-state index contributed by atoms with van der Waals surface area (Å²) in [5.74, 6) is 1.22. The second kappa shape index (κ2) is 10.8. The van der Waals surface area contributed by atoms with Crippen molar-refractivity contribution in [2.24, 2.45) is 5.92 Å². The SMILES string of the molecule is Cc1ccccc1OCCCN(C)C(=O)CCNC(=O)C1CCCCC1. The molecule has 0 spiro atoms. The van der Waals surface area contributed by atoms with Crippen LogP contribution in [0.3, 0.4) is 0 Å². The van der Waals surface area contributed by atoms with Gasteiger partial charge in [-0.2, -0.15) is 0 Å². The van der Waals surface area contributed by atoms with Crippen LogP contribution >= 0.6 is 0 Å². The molecule has 1 N–H and O–H groups in total. The van der Waals surface area contributed by atoms with Crippen LogP contribution < -0.4 is 10.1 Å². The molecule has 1 aromatic rings. The summed E-state index contributed by atoms with van der Waals surface area (Å²) in [5, 5.41) is 2.92. The van der Waals surface area contributed by atoms with Crippen molar-refractivity contribution in [2.45, 2.75) is 51.9 Å². The molecule has 1 aliphatic rings. The monoisotopic (exact) mass is 360 g/mol. The van der Waals surface area contributed by atoms with Gasteiger partial charge in [0.25, 0.3) is 0 Å². The maximum absolute atomic E-state index is 12.2. The number of amides is 2. The summed E-state index contributed by atoms with van der Waals surface area (Å²) >= 11 is 0. The summed E-state index contributed by atoms with van der Waals surface area (Å²) in [6.45, 7) is 3.69. The number of benzene rings is 1. The Labute approximate surface area is 157 Å². The number of carbonyl (C=O) groups is 2. The second-order valence-corrected chi connectivity index (χ2v) is 7.16. The molecule has 0 heterocycles. The fourth-order valence-electron chi connectivity index (χ4n) is 3.32. The van der Waals surface area contributed by atoms with Crippen LogP contribution in [0.4, 0.5) is 0 Å². The van der Waals surface area contributed by atoms with Crippen LogP contribution in [0.2, 0.25) is 0 Å². The zero-order chi connectivity index (χ0) is 18.8. The Morgan fingerprint density at radius 2 is 1.92 bits per heavy atom. The van der Waals surface area contributed by atoms with E-state index in [2.05, 4.69) is 5.32 Å². The van der Waals surface area contributed by atoms with Gasteiger partial charge in [0.2, 0.25) is 11.8 Å². The number of ether oxygens (including phenoxy) is 1. The van der Waals surface area contributed by atoms with E-state index in [0.29, 0.717) is 26.1 Å². The number of nitrogens with zero attached hydrogens (tertiary/aromatic N) is 1. The minimum Gasteiger partial charge on any atom is -0.493 e. The molecule has 0 aliphatic heterocycles. The largest absolute Gasteiger partial charge is 0.493 e. The lowest BCUT2D eigenvalue weighted by molar-refractivity contribution is -0.130. The van der Waals surface area contributed by atoms with Crippen molar-refractivity contribution in [3.8, 4) is 5.75 Å². The lowest BCUT2D eigenvalue weighted by Crippen LogP contribution is -2.36. The summed E-state index contributed by atoms with van der Waals surface area (Å²) in [7, 11) is 1.80. The van der Waals surface area contributed by atoms with E-state index >= 15 is 0 Å². The van der Waals surface area contributed by atoms with Crippen LogP contribution in [0.15, 0.2) is 24.3 Å². The Kier molecular flexibility index (Phi) is 8.45. The lowest BCUT2D eigenvalue weighted by Gasteiger charge is -2.21. The highest BCUT2D eigenvalue weighted by molar-refractivity contribution is 5.80. The molecule has 0 atom stereocenters. The van der Waals surface area contributed by atoms with E-state index in [9.17, 15) is 9.59 Å². The third-order valence-corrected chi connectivity index (χ3v) is 5.03. The molecule has 5 heteroatoms. The Hall–Kier alpha value is -2.04. The molecule has 26 heavy (non-hydrogen) atoms. The lowest BCUT2D eigenvalue weighted by atomic mass is 9.89. The maximum atomic E-state index is 12.2. The number of aryl methyl sites for hydroxylation is 1. The van der Waals surface area contributed by atoms with Crippen LogP contribution in [-0.4, -0.2) is 43.5 Å². The molecule has 0 saturated heterocycles. The molecule has 1 fully saturated rings. The summed E-state index contributed by atoms with van der Waals surface area (Å²) in [6, 6.07) is 7.92. The average molecular weight is 360 g/mol. The zero-order valence-corrected chi connectivity index (χ0v) is 16.1. The Morgan fingerprint density at radius 3 is 2.65 bits per heavy atom. The highest BCUT2D eigenvalue weighted by Gasteiger charge is 2.20. The fourth-order valence-corrected chi connectivity index (χ4v) is 3.32. The van der Waals surface area contributed by atoms with E-state index in [-0.39, 0.29) is 17.7 Å². The standard InChI is InChI=1S/C21H32N2O3/c1-17-9-6-7-12-19(17)26-16-8-15-23(2)20(24)13-14-22-21(25)18-10-4-3-5-11-18/h6-7,9,12,18H,3-5,8,10-11,13-16H2,1-2H3,(H,22,25). The summed E-state index contributed by atoms with van der Waals surface area (Å²) < 4.78 is 5.75. The van der Waals surface area contributed by atoms with Gasteiger partial charge in [0.05, 0.1) is 6.61 Å². The number of para-hydroxylation sites is 1. The second-order valence-electron chi connectivity index (χ2n) is 7.16. The smallest absolute Gasteiger partial charge is 0.224 e. The predicted octanol–water partition coefficient (Wildman–Crippen LogP) is 3.31. The Balaban J connectivity index is 1.57. The Morgan fingerprint density at radius 1 is 1.19 bits per heavy atom. The van der Waals surface area contributed by atoms with Gasteiger partial charge in [-0.05, 0) is 37.8 Å². The van der Waals surface area contributed by atoms with Crippen molar-refractivity contribution in [3.63, 3.8) is 0 Å². The molecule has 144 valence electrons. The van der Waals surface area contributed by atoms with E-state index in [0.717, 1.165) is 43.4 Å². The van der Waals surface area contributed by atoms with Crippen molar-refractivity contribution in [1.29, 1.82) is 0 Å². The molecular formula is C21H32N2O3. The van der Waals surface area contributed by atoms with Gasteiger partial charge in [-0.1, -0.05) is 37.5 Å². The van der Waals surface area contributed by atoms with Gasteiger partial charge >= 0.3 is 0 Å². The molecule has 5 nitrogen and oxygen atoms in total. The number of hydrogen-bond donors (Lipinski definition) is 1. The van der Waals surface area contributed by atoms with Gasteiger partial charge in [0.1, 0.15) is 5.75 Å². The van der Waals surface area contributed by atoms with E-state index in [1.165, 1.54) is 6.42 Å².